The van der Waals surface area contributed by atoms with Gasteiger partial charge in [-0.2, -0.15) is 0 Å². The molecule has 1 aromatic heterocycles. The van der Waals surface area contributed by atoms with Crippen LogP contribution in [0.2, 0.25) is 0 Å². The first-order valence-corrected chi connectivity index (χ1v) is 9.53. The van der Waals surface area contributed by atoms with Crippen LogP contribution in [0.25, 0.3) is 10.2 Å². The number of amides is 1. The van der Waals surface area contributed by atoms with E-state index in [1.165, 1.54) is 36.6 Å². The Morgan fingerprint density at radius 2 is 2.00 bits per heavy atom. The molecule has 25 heavy (non-hydrogen) atoms. The third kappa shape index (κ3) is 3.63. The molecule has 0 spiro atoms. The lowest BCUT2D eigenvalue weighted by atomic mass is 10.2. The fourth-order valence-electron chi connectivity index (χ4n) is 2.29. The van der Waals surface area contributed by atoms with E-state index in [-0.39, 0.29) is 16.2 Å². The minimum Gasteiger partial charge on any atom is -0.496 e. The van der Waals surface area contributed by atoms with Crippen molar-refractivity contribution in [1.29, 1.82) is 0 Å². The molecule has 3 rings (SSSR count). The standard InChI is InChI=1S/C16H15N3O4S2/c1-9-3-5-12-14(7-9)24-16(18-12)19-15(20)11-8-10(25(17,21)22)4-6-13(11)23-2/h3-8H,1-2H3,(H2,17,21,22)(H,18,19,20). The van der Waals surface area contributed by atoms with Gasteiger partial charge in [-0.05, 0) is 42.8 Å². The first-order valence-electron chi connectivity index (χ1n) is 7.17. The summed E-state index contributed by atoms with van der Waals surface area (Å²) in [5.74, 6) is -0.292. The Labute approximate surface area is 148 Å². The van der Waals surface area contributed by atoms with Gasteiger partial charge in [-0.3, -0.25) is 10.1 Å². The number of carbonyl (C=O) groups excluding carboxylic acids is 1. The number of ether oxygens (including phenoxy) is 1. The molecule has 1 amide bonds. The van der Waals surface area contributed by atoms with Crippen LogP contribution in [-0.4, -0.2) is 26.4 Å². The normalized spacial score (nSPS) is 11.5. The number of thiazole rings is 1. The van der Waals surface area contributed by atoms with Gasteiger partial charge in [-0.25, -0.2) is 18.5 Å². The Bertz CT molecular complexity index is 1070. The summed E-state index contributed by atoms with van der Waals surface area (Å²) in [6.45, 7) is 1.97. The van der Waals surface area contributed by atoms with Gasteiger partial charge < -0.3 is 4.74 Å². The molecule has 0 saturated heterocycles. The first-order chi connectivity index (χ1) is 11.8. The number of benzene rings is 2. The Morgan fingerprint density at radius 1 is 1.24 bits per heavy atom. The molecule has 1 heterocycles. The molecule has 0 fully saturated rings. The maximum absolute atomic E-state index is 12.6. The predicted octanol–water partition coefficient (Wildman–Crippen LogP) is 2.51. The molecule has 3 aromatic rings. The summed E-state index contributed by atoms with van der Waals surface area (Å²) in [6.07, 6.45) is 0. The second-order valence-corrected chi connectivity index (χ2v) is 7.94. The van der Waals surface area contributed by atoms with Crippen LogP contribution in [-0.2, 0) is 10.0 Å². The molecule has 7 nitrogen and oxygen atoms in total. The van der Waals surface area contributed by atoms with E-state index < -0.39 is 15.9 Å². The maximum Gasteiger partial charge on any atom is 0.261 e. The number of hydrogen-bond donors (Lipinski definition) is 2. The summed E-state index contributed by atoms with van der Waals surface area (Å²) in [6, 6.07) is 9.64. The number of nitrogens with one attached hydrogen (secondary N) is 1. The predicted molar refractivity (Wildman–Crippen MR) is 96.7 cm³/mol. The number of aromatic nitrogens is 1. The number of nitrogens with zero attached hydrogens (tertiary/aromatic N) is 1. The summed E-state index contributed by atoms with van der Waals surface area (Å²) in [5, 5.41) is 8.21. The van der Waals surface area contributed by atoms with Crippen LogP contribution in [0.1, 0.15) is 15.9 Å². The molecule has 0 radical (unpaired) electrons. The number of hydrogen-bond acceptors (Lipinski definition) is 6. The number of nitrogens with two attached hydrogens (primary N) is 1. The molecule has 0 aliphatic rings. The Kier molecular flexibility index (Phi) is 4.46. The van der Waals surface area contributed by atoms with Crippen molar-refractivity contribution < 1.29 is 17.9 Å². The highest BCUT2D eigenvalue weighted by molar-refractivity contribution is 7.89. The van der Waals surface area contributed by atoms with Gasteiger partial charge in [0.2, 0.25) is 10.0 Å². The third-order valence-electron chi connectivity index (χ3n) is 3.51. The van der Waals surface area contributed by atoms with Gasteiger partial charge in [0.25, 0.3) is 5.91 Å². The van der Waals surface area contributed by atoms with E-state index in [4.69, 9.17) is 9.88 Å². The highest BCUT2D eigenvalue weighted by atomic mass is 32.2. The molecule has 9 heteroatoms. The van der Waals surface area contributed by atoms with Crippen molar-refractivity contribution in [2.24, 2.45) is 5.14 Å². The number of fused-ring (bicyclic) bond motifs is 1. The molecular weight excluding hydrogens is 362 g/mol. The number of sulfonamides is 1. The molecule has 0 aliphatic carbocycles. The number of aryl methyl sites for hydroxylation is 1. The third-order valence-corrected chi connectivity index (χ3v) is 5.35. The van der Waals surface area contributed by atoms with E-state index >= 15 is 0 Å². The van der Waals surface area contributed by atoms with Crippen molar-refractivity contribution in [2.45, 2.75) is 11.8 Å². The van der Waals surface area contributed by atoms with Crippen molar-refractivity contribution in [1.82, 2.24) is 4.98 Å². The molecule has 0 unspecified atom stereocenters. The van der Waals surface area contributed by atoms with Crippen LogP contribution < -0.4 is 15.2 Å². The molecule has 0 atom stereocenters. The average Bonchev–Trinajstić information content (AvgIpc) is 2.94. The van der Waals surface area contributed by atoms with Gasteiger partial charge in [0.15, 0.2) is 5.13 Å². The lowest BCUT2D eigenvalue weighted by Crippen LogP contribution is -2.16. The number of methoxy groups -OCH3 is 1. The first kappa shape index (κ1) is 17.3. The van der Waals surface area contributed by atoms with E-state index in [1.807, 2.05) is 25.1 Å². The smallest absolute Gasteiger partial charge is 0.261 e. The van der Waals surface area contributed by atoms with Crippen molar-refractivity contribution >= 4 is 42.6 Å². The van der Waals surface area contributed by atoms with Gasteiger partial charge in [0, 0.05) is 0 Å². The lowest BCUT2D eigenvalue weighted by Gasteiger charge is -2.09. The van der Waals surface area contributed by atoms with E-state index in [9.17, 15) is 13.2 Å². The monoisotopic (exact) mass is 377 g/mol. The fraction of sp³-hybridized carbons (Fsp3) is 0.125. The number of primary sulfonamides is 1. The van der Waals surface area contributed by atoms with Crippen LogP contribution in [0.4, 0.5) is 5.13 Å². The second kappa shape index (κ2) is 6.43. The van der Waals surface area contributed by atoms with Gasteiger partial charge in [-0.1, -0.05) is 17.4 Å². The molecule has 0 saturated carbocycles. The molecule has 3 N–H and O–H groups in total. The van der Waals surface area contributed by atoms with Crippen molar-refractivity contribution in [2.75, 3.05) is 12.4 Å². The zero-order valence-electron chi connectivity index (χ0n) is 13.4. The minimum absolute atomic E-state index is 0.0597. The van der Waals surface area contributed by atoms with Gasteiger partial charge in [-0.15, -0.1) is 0 Å². The molecule has 130 valence electrons. The summed E-state index contributed by atoms with van der Waals surface area (Å²) in [5.41, 5.74) is 1.93. The van der Waals surface area contributed by atoms with Crippen LogP contribution in [0.3, 0.4) is 0 Å². The van der Waals surface area contributed by atoms with Crippen molar-refractivity contribution in [3.8, 4) is 5.75 Å². The van der Waals surface area contributed by atoms with Crippen LogP contribution in [0.5, 0.6) is 5.75 Å². The molecule has 0 aliphatic heterocycles. The number of rotatable bonds is 4. The molecular formula is C16H15N3O4S2. The van der Waals surface area contributed by atoms with E-state index in [1.54, 1.807) is 0 Å². The quantitative estimate of drug-likeness (QED) is 0.726. The summed E-state index contributed by atoms with van der Waals surface area (Å²) < 4.78 is 29.1. The van der Waals surface area contributed by atoms with Gasteiger partial charge in [0.1, 0.15) is 5.75 Å². The van der Waals surface area contributed by atoms with Crippen LogP contribution in [0.15, 0.2) is 41.3 Å². The summed E-state index contributed by atoms with van der Waals surface area (Å²) in [4.78, 5) is 16.7. The Balaban J connectivity index is 1.96. The minimum atomic E-state index is -3.93. The molecule has 0 bridgehead atoms. The Morgan fingerprint density at radius 3 is 2.68 bits per heavy atom. The summed E-state index contributed by atoms with van der Waals surface area (Å²) >= 11 is 1.33. The van der Waals surface area contributed by atoms with Crippen molar-refractivity contribution in [3.05, 3.63) is 47.5 Å². The maximum atomic E-state index is 12.6. The highest BCUT2D eigenvalue weighted by Gasteiger charge is 2.18. The van der Waals surface area contributed by atoms with Gasteiger partial charge in [0.05, 0.1) is 27.8 Å². The lowest BCUT2D eigenvalue weighted by molar-refractivity contribution is 0.102. The fourth-order valence-corrected chi connectivity index (χ4v) is 3.79. The topological polar surface area (TPSA) is 111 Å². The number of anilines is 1. The van der Waals surface area contributed by atoms with Crippen LogP contribution >= 0.6 is 11.3 Å². The largest absolute Gasteiger partial charge is 0.496 e. The molecule has 2 aromatic carbocycles. The van der Waals surface area contributed by atoms with Crippen molar-refractivity contribution in [3.63, 3.8) is 0 Å². The summed E-state index contributed by atoms with van der Waals surface area (Å²) in [7, 11) is -2.54. The Hall–Kier alpha value is -2.49. The number of carbonyl (C=O) groups is 1. The highest BCUT2D eigenvalue weighted by Crippen LogP contribution is 2.28. The van der Waals surface area contributed by atoms with E-state index in [0.29, 0.717) is 5.13 Å². The second-order valence-electron chi connectivity index (χ2n) is 5.35. The van der Waals surface area contributed by atoms with Gasteiger partial charge >= 0.3 is 0 Å². The zero-order valence-corrected chi connectivity index (χ0v) is 15.1. The average molecular weight is 377 g/mol. The van der Waals surface area contributed by atoms with Crippen LogP contribution in [0, 0.1) is 6.92 Å². The SMILES string of the molecule is COc1ccc(S(N)(=O)=O)cc1C(=O)Nc1nc2ccc(C)cc2s1. The zero-order chi connectivity index (χ0) is 18.2. The van der Waals surface area contributed by atoms with E-state index in [0.717, 1.165) is 15.8 Å². The van der Waals surface area contributed by atoms with E-state index in [2.05, 4.69) is 10.3 Å².